The molecule has 82 valence electrons. The summed E-state index contributed by atoms with van der Waals surface area (Å²) >= 11 is 8.62. The van der Waals surface area contributed by atoms with Gasteiger partial charge in [-0.3, -0.25) is 0 Å². The first-order valence-electron chi connectivity index (χ1n) is 5.03. The standard InChI is InChI=1S/C11H15BrN2S/c1-2-3-8-13-11(15)14-10-7-5-4-6-9(10)12/h4-7H,2-3,8H2,1H3,(H2,13,14,15). The molecule has 0 radical (unpaired) electrons. The molecule has 0 fully saturated rings. The predicted molar refractivity (Wildman–Crippen MR) is 73.3 cm³/mol. The zero-order chi connectivity index (χ0) is 11.1. The van der Waals surface area contributed by atoms with E-state index in [9.17, 15) is 0 Å². The van der Waals surface area contributed by atoms with Crippen LogP contribution in [0.25, 0.3) is 0 Å². The van der Waals surface area contributed by atoms with Gasteiger partial charge in [0.25, 0.3) is 0 Å². The number of thiocarbonyl (C=S) groups is 1. The maximum absolute atomic E-state index is 5.17. The van der Waals surface area contributed by atoms with E-state index in [4.69, 9.17) is 12.2 Å². The van der Waals surface area contributed by atoms with Crippen molar-refractivity contribution in [3.05, 3.63) is 28.7 Å². The number of nitrogens with one attached hydrogen (secondary N) is 2. The molecular formula is C11H15BrN2S. The van der Waals surface area contributed by atoms with Crippen molar-refractivity contribution in [2.75, 3.05) is 11.9 Å². The lowest BCUT2D eigenvalue weighted by Crippen LogP contribution is -2.29. The molecule has 1 aromatic rings. The summed E-state index contributed by atoms with van der Waals surface area (Å²) in [5.74, 6) is 0. The fourth-order valence-corrected chi connectivity index (χ4v) is 1.70. The van der Waals surface area contributed by atoms with Gasteiger partial charge in [0.1, 0.15) is 0 Å². The molecule has 0 heterocycles. The lowest BCUT2D eigenvalue weighted by molar-refractivity contribution is 0.758. The van der Waals surface area contributed by atoms with Crippen molar-refractivity contribution in [2.24, 2.45) is 0 Å². The minimum atomic E-state index is 0.676. The van der Waals surface area contributed by atoms with Crippen molar-refractivity contribution in [1.82, 2.24) is 5.32 Å². The third kappa shape index (κ3) is 4.62. The summed E-state index contributed by atoms with van der Waals surface area (Å²) in [5.41, 5.74) is 0.992. The van der Waals surface area contributed by atoms with Crippen LogP contribution in [0.2, 0.25) is 0 Å². The first-order valence-corrected chi connectivity index (χ1v) is 6.23. The quantitative estimate of drug-likeness (QED) is 0.654. The third-order valence-corrected chi connectivity index (χ3v) is 2.88. The minimum Gasteiger partial charge on any atom is -0.362 e. The SMILES string of the molecule is CCCCNC(=S)Nc1ccccc1Br. The Morgan fingerprint density at radius 3 is 2.80 bits per heavy atom. The van der Waals surface area contributed by atoms with Gasteiger partial charge in [0, 0.05) is 11.0 Å². The summed E-state index contributed by atoms with van der Waals surface area (Å²) in [7, 11) is 0. The van der Waals surface area contributed by atoms with Crippen LogP contribution < -0.4 is 10.6 Å². The van der Waals surface area contributed by atoms with Gasteiger partial charge in [0.15, 0.2) is 5.11 Å². The number of unbranched alkanes of at least 4 members (excludes halogenated alkanes) is 1. The number of anilines is 1. The van der Waals surface area contributed by atoms with E-state index < -0.39 is 0 Å². The van der Waals surface area contributed by atoms with Gasteiger partial charge in [-0.05, 0) is 46.7 Å². The van der Waals surface area contributed by atoms with Crippen LogP contribution in [0.1, 0.15) is 19.8 Å². The van der Waals surface area contributed by atoms with E-state index in [1.54, 1.807) is 0 Å². The Balaban J connectivity index is 2.41. The number of hydrogen-bond acceptors (Lipinski definition) is 1. The Morgan fingerprint density at radius 2 is 2.13 bits per heavy atom. The van der Waals surface area contributed by atoms with Crippen LogP contribution in [-0.2, 0) is 0 Å². The minimum absolute atomic E-state index is 0.676. The molecule has 15 heavy (non-hydrogen) atoms. The predicted octanol–water partition coefficient (Wildman–Crippen LogP) is 3.54. The molecule has 0 bridgehead atoms. The summed E-state index contributed by atoms with van der Waals surface area (Å²) in [6, 6.07) is 7.92. The van der Waals surface area contributed by atoms with Gasteiger partial charge < -0.3 is 10.6 Å². The second-order valence-corrected chi connectivity index (χ2v) is 4.48. The van der Waals surface area contributed by atoms with Crippen molar-refractivity contribution >= 4 is 38.9 Å². The first-order chi connectivity index (χ1) is 7.24. The molecule has 2 N–H and O–H groups in total. The van der Waals surface area contributed by atoms with Crippen LogP contribution in [-0.4, -0.2) is 11.7 Å². The molecule has 1 rings (SSSR count). The second-order valence-electron chi connectivity index (χ2n) is 3.21. The molecule has 0 saturated heterocycles. The molecule has 4 heteroatoms. The molecular weight excluding hydrogens is 272 g/mol. The smallest absolute Gasteiger partial charge is 0.170 e. The summed E-state index contributed by atoms with van der Waals surface area (Å²) < 4.78 is 1.02. The molecule has 1 aromatic carbocycles. The highest BCUT2D eigenvalue weighted by Gasteiger charge is 1.99. The van der Waals surface area contributed by atoms with Crippen molar-refractivity contribution in [2.45, 2.75) is 19.8 Å². The normalized spacial score (nSPS) is 9.73. The lowest BCUT2D eigenvalue weighted by Gasteiger charge is -2.11. The highest BCUT2D eigenvalue weighted by atomic mass is 79.9. The summed E-state index contributed by atoms with van der Waals surface area (Å²) in [6.07, 6.45) is 2.31. The molecule has 0 aliphatic carbocycles. The number of benzene rings is 1. The largest absolute Gasteiger partial charge is 0.362 e. The van der Waals surface area contributed by atoms with E-state index in [1.165, 1.54) is 6.42 Å². The van der Waals surface area contributed by atoms with Crippen molar-refractivity contribution < 1.29 is 0 Å². The van der Waals surface area contributed by atoms with E-state index in [0.29, 0.717) is 5.11 Å². The van der Waals surface area contributed by atoms with E-state index in [1.807, 2.05) is 24.3 Å². The maximum Gasteiger partial charge on any atom is 0.170 e. The van der Waals surface area contributed by atoms with Crippen LogP contribution in [0.3, 0.4) is 0 Å². The summed E-state index contributed by atoms with van der Waals surface area (Å²) in [6.45, 7) is 3.08. The highest BCUT2D eigenvalue weighted by Crippen LogP contribution is 2.20. The molecule has 0 amide bonds. The third-order valence-electron chi connectivity index (χ3n) is 1.94. The fourth-order valence-electron chi connectivity index (χ4n) is 1.11. The lowest BCUT2D eigenvalue weighted by atomic mass is 10.3. The highest BCUT2D eigenvalue weighted by molar-refractivity contribution is 9.10. The van der Waals surface area contributed by atoms with Gasteiger partial charge in [-0.2, -0.15) is 0 Å². The van der Waals surface area contributed by atoms with Crippen LogP contribution in [0.4, 0.5) is 5.69 Å². The van der Waals surface area contributed by atoms with Crippen LogP contribution in [0, 0.1) is 0 Å². The number of halogens is 1. The van der Waals surface area contributed by atoms with Crippen molar-refractivity contribution in [3.63, 3.8) is 0 Å². The topological polar surface area (TPSA) is 24.1 Å². The van der Waals surface area contributed by atoms with E-state index in [-0.39, 0.29) is 0 Å². The number of para-hydroxylation sites is 1. The van der Waals surface area contributed by atoms with E-state index in [0.717, 1.165) is 23.1 Å². The summed E-state index contributed by atoms with van der Waals surface area (Å²) in [4.78, 5) is 0. The number of rotatable bonds is 4. The zero-order valence-corrected chi connectivity index (χ0v) is 11.1. The van der Waals surface area contributed by atoms with E-state index in [2.05, 4.69) is 33.5 Å². The average Bonchev–Trinajstić information content (AvgIpc) is 2.22. The Morgan fingerprint density at radius 1 is 1.40 bits per heavy atom. The zero-order valence-electron chi connectivity index (χ0n) is 8.72. The Hall–Kier alpha value is -0.610. The van der Waals surface area contributed by atoms with Gasteiger partial charge in [0.05, 0.1) is 5.69 Å². The Labute approximate surface area is 105 Å². The molecule has 0 saturated carbocycles. The molecule has 0 aliphatic rings. The van der Waals surface area contributed by atoms with Crippen LogP contribution in [0.15, 0.2) is 28.7 Å². The second kappa shape index (κ2) is 6.80. The van der Waals surface area contributed by atoms with Gasteiger partial charge in [-0.25, -0.2) is 0 Å². The van der Waals surface area contributed by atoms with Gasteiger partial charge in [-0.1, -0.05) is 25.5 Å². The van der Waals surface area contributed by atoms with Gasteiger partial charge in [0.2, 0.25) is 0 Å². The number of hydrogen-bond donors (Lipinski definition) is 2. The Kier molecular flexibility index (Phi) is 5.65. The maximum atomic E-state index is 5.17. The van der Waals surface area contributed by atoms with Gasteiger partial charge in [-0.15, -0.1) is 0 Å². The first kappa shape index (κ1) is 12.5. The van der Waals surface area contributed by atoms with Crippen LogP contribution >= 0.6 is 28.1 Å². The molecule has 2 nitrogen and oxygen atoms in total. The van der Waals surface area contributed by atoms with Crippen molar-refractivity contribution in [3.8, 4) is 0 Å². The van der Waals surface area contributed by atoms with Gasteiger partial charge >= 0.3 is 0 Å². The Bertz CT molecular complexity index is 328. The van der Waals surface area contributed by atoms with E-state index >= 15 is 0 Å². The molecule has 0 aliphatic heterocycles. The van der Waals surface area contributed by atoms with Crippen molar-refractivity contribution in [1.29, 1.82) is 0 Å². The molecule has 0 unspecified atom stereocenters. The molecule has 0 spiro atoms. The summed E-state index contributed by atoms with van der Waals surface area (Å²) in [5, 5.41) is 6.98. The average molecular weight is 287 g/mol. The fraction of sp³-hybridized carbons (Fsp3) is 0.364. The monoisotopic (exact) mass is 286 g/mol. The van der Waals surface area contributed by atoms with Crippen LogP contribution in [0.5, 0.6) is 0 Å². The molecule has 0 aromatic heterocycles. The molecule has 0 atom stereocenters.